The lowest BCUT2D eigenvalue weighted by Crippen LogP contribution is -2.10. The molecule has 0 unspecified atom stereocenters. The van der Waals surface area contributed by atoms with Crippen molar-refractivity contribution in [3.8, 4) is 87.3 Å². The first-order valence-corrected chi connectivity index (χ1v) is 30.2. The Kier molecular flexibility index (Phi) is 12.2. The quantitative estimate of drug-likeness (QED) is 0.182. The van der Waals surface area contributed by atoms with Crippen molar-refractivity contribution >= 4 is 66.8 Å². The van der Waals surface area contributed by atoms with Gasteiger partial charge < -0.3 is 9.97 Å². The highest BCUT2D eigenvalue weighted by molar-refractivity contribution is 7.20. The van der Waals surface area contributed by atoms with E-state index in [1.54, 1.807) is 0 Å². The van der Waals surface area contributed by atoms with Gasteiger partial charge >= 0.3 is 0 Å². The van der Waals surface area contributed by atoms with Crippen LogP contribution in [0.3, 0.4) is 0 Å². The van der Waals surface area contributed by atoms with Crippen LogP contribution in [-0.4, -0.2) is 39.9 Å². The molecule has 82 heavy (non-hydrogen) atoms. The van der Waals surface area contributed by atoms with E-state index in [0.29, 0.717) is 45.9 Å². The molecule has 0 amide bonds. The summed E-state index contributed by atoms with van der Waals surface area (Å²) in [4.78, 5) is 45.1. The molecule has 13 rings (SSSR count). The molecule has 0 atom stereocenters. The van der Waals surface area contributed by atoms with E-state index in [4.69, 9.17) is 29.9 Å². The zero-order chi connectivity index (χ0) is 57.6. The summed E-state index contributed by atoms with van der Waals surface area (Å²) >= 11 is 3.62. The Morgan fingerprint density at radius 2 is 0.561 bits per heavy atom. The van der Waals surface area contributed by atoms with E-state index in [-0.39, 0.29) is 27.1 Å². The summed E-state index contributed by atoms with van der Waals surface area (Å²) in [5, 5.41) is 3.79. The largest absolute Gasteiger partial charge is 0.324 e. The smallest absolute Gasteiger partial charge is 0.164 e. The van der Waals surface area contributed by atoms with Crippen LogP contribution < -0.4 is 0 Å². The number of thiophene rings is 2. The van der Waals surface area contributed by atoms with Gasteiger partial charge in [0.25, 0.3) is 0 Å². The first kappa shape index (κ1) is 53.4. The molecule has 410 valence electrons. The number of aromatic amines is 2. The monoisotopic (exact) mass is 1110 g/mol. The first-order valence-electron chi connectivity index (χ1n) is 28.6. The summed E-state index contributed by atoms with van der Waals surface area (Å²) in [5.41, 5.74) is 16.9. The summed E-state index contributed by atoms with van der Waals surface area (Å²) < 4.78 is 0. The molecule has 0 saturated heterocycles. The standard InChI is InChI=1S/C72H70N8S2/c1-68(2,3)41-20-16-39(17-21-41)56-30-32-58(81-56)49-37-54-55(38-50(49)59-33-31-57(82-59)40-18-22-42(23-19-40)69(4,5)6)67-79-65-53-36-45(72(13,14)15)26-29-48(53)61(77-65)75-63-51-34-43(70(7,8)9)24-27-46(51)60(73-63)74-64-52-35-44(71(10,11)12)25-28-47(52)62(76-64)78-66(54)80-67/h16-38H,1-15H3,(H2,73,74,75,76,77,78,79,80). The Bertz CT molecular complexity index is 4570. The van der Waals surface area contributed by atoms with Gasteiger partial charge in [-0.1, -0.05) is 189 Å². The van der Waals surface area contributed by atoms with Gasteiger partial charge in [0, 0.05) is 74.4 Å². The fourth-order valence-electron chi connectivity index (χ4n) is 11.2. The molecule has 0 fully saturated rings. The van der Waals surface area contributed by atoms with Gasteiger partial charge in [-0.15, -0.1) is 22.7 Å². The molecular weight excluding hydrogens is 1040 g/mol. The molecule has 11 aromatic rings. The molecule has 0 radical (unpaired) electrons. The molecule has 6 aromatic carbocycles. The fourth-order valence-corrected chi connectivity index (χ4v) is 13.3. The van der Waals surface area contributed by atoms with Crippen LogP contribution in [0.1, 0.15) is 132 Å². The van der Waals surface area contributed by atoms with Gasteiger partial charge in [-0.25, -0.2) is 29.9 Å². The van der Waals surface area contributed by atoms with Gasteiger partial charge in [0.1, 0.15) is 22.6 Å². The number of fused-ring (bicyclic) bond motifs is 20. The van der Waals surface area contributed by atoms with Crippen molar-refractivity contribution in [1.29, 1.82) is 0 Å². The number of rotatable bonds is 4. The minimum absolute atomic E-state index is 0.0587. The van der Waals surface area contributed by atoms with Gasteiger partial charge in [0.05, 0.1) is 0 Å². The van der Waals surface area contributed by atoms with Crippen molar-refractivity contribution in [2.24, 2.45) is 0 Å². The normalized spacial score (nSPS) is 13.1. The lowest BCUT2D eigenvalue weighted by molar-refractivity contribution is 0.590. The van der Waals surface area contributed by atoms with E-state index in [2.05, 4.69) is 253 Å². The molecule has 7 heterocycles. The lowest BCUT2D eigenvalue weighted by atomic mass is 9.85. The van der Waals surface area contributed by atoms with Crippen LogP contribution in [0.2, 0.25) is 0 Å². The summed E-state index contributed by atoms with van der Waals surface area (Å²) in [6.45, 7) is 33.8. The average Bonchev–Trinajstić information content (AvgIpc) is 4.42. The molecule has 5 aromatic heterocycles. The Balaban J connectivity index is 1.11. The van der Waals surface area contributed by atoms with E-state index < -0.39 is 0 Å². The number of nitrogens with zero attached hydrogens (tertiary/aromatic N) is 6. The second-order valence-corrected chi connectivity index (χ2v) is 29.7. The molecule has 2 N–H and O–H groups in total. The Labute approximate surface area is 489 Å². The summed E-state index contributed by atoms with van der Waals surface area (Å²) in [6.07, 6.45) is 0. The predicted molar refractivity (Wildman–Crippen MR) is 347 cm³/mol. The average molecular weight is 1110 g/mol. The van der Waals surface area contributed by atoms with Crippen molar-refractivity contribution in [3.63, 3.8) is 0 Å². The Morgan fingerprint density at radius 3 is 0.939 bits per heavy atom. The van der Waals surface area contributed by atoms with Crippen molar-refractivity contribution in [2.75, 3.05) is 0 Å². The molecule has 10 heteroatoms. The van der Waals surface area contributed by atoms with Gasteiger partial charge in [-0.05, 0) is 121 Å². The second-order valence-electron chi connectivity index (χ2n) is 27.6. The Morgan fingerprint density at radius 1 is 0.256 bits per heavy atom. The Hall–Kier alpha value is -7.92. The van der Waals surface area contributed by atoms with Crippen LogP contribution in [0.25, 0.3) is 131 Å². The first-order chi connectivity index (χ1) is 38.7. The number of nitrogens with one attached hydrogen (secondary N) is 2. The highest BCUT2D eigenvalue weighted by Crippen LogP contribution is 2.49. The molecule has 2 aliphatic heterocycles. The SMILES string of the molecule is CC(C)(C)c1ccc(-c2ccc(-c3cc4c(cc3-c3ccc(-c5ccc(C(C)(C)C)cc5)s3)-c3nc-4nc4[nH]c(nc5nc(nc6[nH]c(n3)c3cc(C(C)(C)C)ccc63)-c3cc(C(C)(C)C)ccc3-5)c3cc(C(C)(C)C)ccc43)s2)cc1. The van der Waals surface area contributed by atoms with Gasteiger partial charge in [-0.3, -0.25) is 0 Å². The molecule has 0 spiro atoms. The molecule has 8 nitrogen and oxygen atoms in total. The van der Waals surface area contributed by atoms with Crippen LogP contribution in [-0.2, 0) is 27.1 Å². The zero-order valence-corrected chi connectivity index (χ0v) is 51.4. The van der Waals surface area contributed by atoms with Crippen LogP contribution in [0, 0.1) is 0 Å². The maximum atomic E-state index is 5.62. The van der Waals surface area contributed by atoms with Crippen molar-refractivity contribution in [2.45, 2.75) is 131 Å². The van der Waals surface area contributed by atoms with E-state index in [9.17, 15) is 0 Å². The second kappa shape index (κ2) is 18.8. The predicted octanol–water partition coefficient (Wildman–Crippen LogP) is 20.1. The zero-order valence-electron chi connectivity index (χ0n) is 49.8. The number of hydrogen-bond donors (Lipinski definition) is 2. The highest BCUT2D eigenvalue weighted by atomic mass is 32.1. The van der Waals surface area contributed by atoms with Crippen LogP contribution >= 0.6 is 22.7 Å². The molecular formula is C72H70N8S2. The van der Waals surface area contributed by atoms with Gasteiger partial charge in [0.15, 0.2) is 23.3 Å². The van der Waals surface area contributed by atoms with Crippen molar-refractivity contribution in [3.05, 3.63) is 167 Å². The lowest BCUT2D eigenvalue weighted by Gasteiger charge is -2.19. The summed E-state index contributed by atoms with van der Waals surface area (Å²) in [7, 11) is 0. The fraction of sp³-hybridized carbons (Fsp3) is 0.278. The third kappa shape index (κ3) is 9.57. The number of benzene rings is 6. The van der Waals surface area contributed by atoms with E-state index in [1.165, 1.54) is 48.7 Å². The number of hydrogen-bond acceptors (Lipinski definition) is 8. The van der Waals surface area contributed by atoms with Crippen molar-refractivity contribution in [1.82, 2.24) is 39.9 Å². The van der Waals surface area contributed by atoms with E-state index in [0.717, 1.165) is 64.7 Å². The van der Waals surface area contributed by atoms with Gasteiger partial charge in [-0.2, -0.15) is 0 Å². The molecule has 0 aliphatic carbocycles. The maximum absolute atomic E-state index is 5.62. The van der Waals surface area contributed by atoms with Crippen LogP contribution in [0.4, 0.5) is 0 Å². The van der Waals surface area contributed by atoms with Crippen LogP contribution in [0.5, 0.6) is 0 Å². The minimum atomic E-state index is -0.127. The molecule has 8 bridgehead atoms. The summed E-state index contributed by atoms with van der Waals surface area (Å²) in [5.74, 6) is 2.31. The topological polar surface area (TPSA) is 109 Å². The van der Waals surface area contributed by atoms with Crippen LogP contribution in [0.15, 0.2) is 140 Å². The number of aromatic nitrogens is 8. The number of H-pyrrole nitrogens is 2. The highest BCUT2D eigenvalue weighted by Gasteiger charge is 2.29. The molecule has 0 saturated carbocycles. The summed E-state index contributed by atoms with van der Waals surface area (Å²) in [6, 6.07) is 51.7. The van der Waals surface area contributed by atoms with Gasteiger partial charge in [0.2, 0.25) is 0 Å². The minimum Gasteiger partial charge on any atom is -0.324 e. The molecule has 2 aliphatic rings. The third-order valence-electron chi connectivity index (χ3n) is 16.4. The van der Waals surface area contributed by atoms with E-state index >= 15 is 0 Å². The maximum Gasteiger partial charge on any atom is 0.164 e. The van der Waals surface area contributed by atoms with Crippen molar-refractivity contribution < 1.29 is 0 Å². The van der Waals surface area contributed by atoms with E-state index in [1.807, 2.05) is 22.7 Å². The third-order valence-corrected chi connectivity index (χ3v) is 18.7.